The van der Waals surface area contributed by atoms with Gasteiger partial charge in [0, 0.05) is 38.6 Å². The Kier molecular flexibility index (Phi) is 4.24. The van der Waals surface area contributed by atoms with Crippen molar-refractivity contribution in [1.29, 1.82) is 0 Å². The Balaban J connectivity index is 1.49. The number of carbonyl (C=O) groups excluding carboxylic acids is 1. The highest BCUT2D eigenvalue weighted by atomic mass is 79.9. The molecular weight excluding hydrogens is 378 g/mol. The summed E-state index contributed by atoms with van der Waals surface area (Å²) in [5.41, 5.74) is 3.83. The Bertz CT molecular complexity index is 1070. The fraction of sp³-hybridized carbons (Fsp3) is 0.100. The van der Waals surface area contributed by atoms with E-state index in [0.717, 1.165) is 32.3 Å². The van der Waals surface area contributed by atoms with Crippen molar-refractivity contribution in [2.75, 3.05) is 5.32 Å². The lowest BCUT2D eigenvalue weighted by atomic mass is 10.1. The van der Waals surface area contributed by atoms with E-state index in [4.69, 9.17) is 0 Å². The van der Waals surface area contributed by atoms with E-state index in [0.29, 0.717) is 12.8 Å². The number of anilines is 1. The van der Waals surface area contributed by atoms with Crippen molar-refractivity contribution in [2.45, 2.75) is 12.8 Å². The standard InChI is InChI=1S/C20H16BrN3O/c21-13-4-3-5-15(10-13)23-20(25)9-8-14-11-17-16-6-1-2-7-18(16)24-19(17)12-22-14/h1-7,10-12,24H,8-9H2,(H,23,25). The van der Waals surface area contributed by atoms with E-state index >= 15 is 0 Å². The molecule has 0 saturated carbocycles. The Morgan fingerprint density at radius 2 is 1.92 bits per heavy atom. The van der Waals surface area contributed by atoms with E-state index in [-0.39, 0.29) is 5.91 Å². The second kappa shape index (κ2) is 6.69. The molecule has 1 amide bonds. The number of aromatic nitrogens is 2. The van der Waals surface area contributed by atoms with Gasteiger partial charge in [-0.3, -0.25) is 9.78 Å². The first-order chi connectivity index (χ1) is 12.2. The number of carbonyl (C=O) groups is 1. The van der Waals surface area contributed by atoms with Crippen LogP contribution in [0.4, 0.5) is 5.69 Å². The average molecular weight is 394 g/mol. The van der Waals surface area contributed by atoms with Gasteiger partial charge in [-0.2, -0.15) is 0 Å². The van der Waals surface area contributed by atoms with Crippen molar-refractivity contribution < 1.29 is 4.79 Å². The van der Waals surface area contributed by atoms with Crippen LogP contribution >= 0.6 is 15.9 Å². The maximum absolute atomic E-state index is 12.2. The van der Waals surface area contributed by atoms with E-state index in [1.54, 1.807) is 0 Å². The molecule has 0 aliphatic rings. The number of hydrogen-bond acceptors (Lipinski definition) is 2. The molecule has 4 aromatic rings. The van der Waals surface area contributed by atoms with Gasteiger partial charge in [-0.05, 0) is 36.8 Å². The zero-order valence-electron chi connectivity index (χ0n) is 13.4. The number of hydrogen-bond donors (Lipinski definition) is 2. The summed E-state index contributed by atoms with van der Waals surface area (Å²) in [5, 5.41) is 5.24. The van der Waals surface area contributed by atoms with Crippen LogP contribution < -0.4 is 5.32 Å². The third-order valence-corrected chi connectivity index (χ3v) is 4.66. The van der Waals surface area contributed by atoms with Crippen molar-refractivity contribution in [1.82, 2.24) is 9.97 Å². The summed E-state index contributed by atoms with van der Waals surface area (Å²) in [7, 11) is 0. The average Bonchev–Trinajstić information content (AvgIpc) is 2.98. The van der Waals surface area contributed by atoms with Gasteiger partial charge in [0.2, 0.25) is 5.91 Å². The van der Waals surface area contributed by atoms with Crippen molar-refractivity contribution in [3.63, 3.8) is 0 Å². The van der Waals surface area contributed by atoms with Gasteiger partial charge in [-0.15, -0.1) is 0 Å². The Morgan fingerprint density at radius 1 is 1.04 bits per heavy atom. The van der Waals surface area contributed by atoms with Gasteiger partial charge in [-0.25, -0.2) is 0 Å². The van der Waals surface area contributed by atoms with Gasteiger partial charge >= 0.3 is 0 Å². The Morgan fingerprint density at radius 3 is 2.80 bits per heavy atom. The molecule has 0 bridgehead atoms. The minimum atomic E-state index is -0.0149. The molecule has 0 saturated heterocycles. The number of halogens is 1. The number of pyridine rings is 1. The summed E-state index contributed by atoms with van der Waals surface area (Å²) in [6.45, 7) is 0. The number of benzene rings is 2. The molecule has 0 fully saturated rings. The maximum Gasteiger partial charge on any atom is 0.224 e. The monoisotopic (exact) mass is 393 g/mol. The van der Waals surface area contributed by atoms with Crippen LogP contribution in [0.1, 0.15) is 12.1 Å². The highest BCUT2D eigenvalue weighted by Crippen LogP contribution is 2.25. The SMILES string of the molecule is O=C(CCc1cc2c(cn1)[nH]c1ccccc12)Nc1cccc(Br)c1. The molecule has 5 heteroatoms. The summed E-state index contributed by atoms with van der Waals surface area (Å²) in [5.74, 6) is -0.0149. The number of aromatic amines is 1. The summed E-state index contributed by atoms with van der Waals surface area (Å²) < 4.78 is 0.941. The number of amides is 1. The van der Waals surface area contributed by atoms with Crippen molar-refractivity contribution in [3.05, 3.63) is 71.0 Å². The van der Waals surface area contributed by atoms with Gasteiger partial charge in [0.25, 0.3) is 0 Å². The Hall–Kier alpha value is -2.66. The molecule has 0 radical (unpaired) electrons. The summed E-state index contributed by atoms with van der Waals surface area (Å²) in [4.78, 5) is 20.0. The van der Waals surface area contributed by atoms with Crippen molar-refractivity contribution >= 4 is 49.3 Å². The molecule has 2 N–H and O–H groups in total. The number of para-hydroxylation sites is 1. The van der Waals surface area contributed by atoms with Gasteiger partial charge in [0.05, 0.1) is 11.7 Å². The number of rotatable bonds is 4. The zero-order valence-corrected chi connectivity index (χ0v) is 15.0. The number of nitrogens with zero attached hydrogens (tertiary/aromatic N) is 1. The predicted octanol–water partition coefficient (Wildman–Crippen LogP) is 5.05. The molecule has 0 spiro atoms. The van der Waals surface area contributed by atoms with Crippen molar-refractivity contribution in [2.24, 2.45) is 0 Å². The molecule has 25 heavy (non-hydrogen) atoms. The molecule has 4 nitrogen and oxygen atoms in total. The van der Waals surface area contributed by atoms with Crippen LogP contribution in [0.2, 0.25) is 0 Å². The van der Waals surface area contributed by atoms with Gasteiger partial charge < -0.3 is 10.3 Å². The molecule has 0 unspecified atom stereocenters. The molecule has 2 aromatic heterocycles. The molecule has 0 atom stereocenters. The first-order valence-electron chi connectivity index (χ1n) is 8.10. The maximum atomic E-state index is 12.2. The normalized spacial score (nSPS) is 11.1. The van der Waals surface area contributed by atoms with E-state index in [2.05, 4.69) is 49.4 Å². The van der Waals surface area contributed by atoms with Crippen LogP contribution in [0.15, 0.2) is 65.3 Å². The van der Waals surface area contributed by atoms with Gasteiger partial charge in [0.15, 0.2) is 0 Å². The van der Waals surface area contributed by atoms with Crippen LogP contribution in [-0.4, -0.2) is 15.9 Å². The summed E-state index contributed by atoms with van der Waals surface area (Å²) in [6.07, 6.45) is 2.85. The number of nitrogens with one attached hydrogen (secondary N) is 2. The van der Waals surface area contributed by atoms with E-state index in [1.807, 2.05) is 42.6 Å². The second-order valence-corrected chi connectivity index (χ2v) is 6.87. The third kappa shape index (κ3) is 3.42. The largest absolute Gasteiger partial charge is 0.353 e. The van der Waals surface area contributed by atoms with Crippen LogP contribution in [0.5, 0.6) is 0 Å². The van der Waals surface area contributed by atoms with E-state index < -0.39 is 0 Å². The highest BCUT2D eigenvalue weighted by Gasteiger charge is 2.08. The van der Waals surface area contributed by atoms with Crippen LogP contribution in [-0.2, 0) is 11.2 Å². The van der Waals surface area contributed by atoms with Gasteiger partial charge in [-0.1, -0.05) is 40.2 Å². The fourth-order valence-corrected chi connectivity index (χ4v) is 3.36. The molecule has 2 heterocycles. The molecule has 0 aliphatic carbocycles. The molecule has 2 aromatic carbocycles. The second-order valence-electron chi connectivity index (χ2n) is 5.95. The lowest BCUT2D eigenvalue weighted by Gasteiger charge is -2.05. The van der Waals surface area contributed by atoms with Crippen molar-refractivity contribution in [3.8, 4) is 0 Å². The quantitative estimate of drug-likeness (QED) is 0.509. The van der Waals surface area contributed by atoms with Gasteiger partial charge in [0.1, 0.15) is 0 Å². The lowest BCUT2D eigenvalue weighted by Crippen LogP contribution is -2.12. The molecule has 124 valence electrons. The first kappa shape index (κ1) is 15.8. The fourth-order valence-electron chi connectivity index (χ4n) is 2.96. The minimum Gasteiger partial charge on any atom is -0.353 e. The van der Waals surface area contributed by atoms with Crippen LogP contribution in [0.3, 0.4) is 0 Å². The highest BCUT2D eigenvalue weighted by molar-refractivity contribution is 9.10. The smallest absolute Gasteiger partial charge is 0.224 e. The van der Waals surface area contributed by atoms with E-state index in [9.17, 15) is 4.79 Å². The number of fused-ring (bicyclic) bond motifs is 3. The van der Waals surface area contributed by atoms with E-state index in [1.165, 1.54) is 5.39 Å². The number of aryl methyl sites for hydroxylation is 1. The Labute approximate surface area is 153 Å². The molecule has 0 aliphatic heterocycles. The van der Waals surface area contributed by atoms with Crippen LogP contribution in [0.25, 0.3) is 21.8 Å². The summed E-state index contributed by atoms with van der Waals surface area (Å²) >= 11 is 3.40. The number of H-pyrrole nitrogens is 1. The molecule has 4 rings (SSSR count). The first-order valence-corrected chi connectivity index (χ1v) is 8.89. The lowest BCUT2D eigenvalue weighted by molar-refractivity contribution is -0.116. The zero-order chi connectivity index (χ0) is 17.2. The molecular formula is C20H16BrN3O. The minimum absolute atomic E-state index is 0.0149. The third-order valence-electron chi connectivity index (χ3n) is 4.16. The van der Waals surface area contributed by atoms with Crippen LogP contribution in [0, 0.1) is 0 Å². The predicted molar refractivity (Wildman–Crippen MR) is 105 cm³/mol. The topological polar surface area (TPSA) is 57.8 Å². The summed E-state index contributed by atoms with van der Waals surface area (Å²) in [6, 6.07) is 17.8.